The Labute approximate surface area is 319 Å². The first-order valence-corrected chi connectivity index (χ1v) is 19.6. The Balaban J connectivity index is 0.830. The van der Waals surface area contributed by atoms with Crippen molar-refractivity contribution in [3.63, 3.8) is 0 Å². The smallest absolute Gasteiger partial charge is 0.255 e. The number of nitriles is 1. The Morgan fingerprint density at radius 3 is 2.29 bits per heavy atom. The molecule has 5 heterocycles. The molecule has 1 atom stereocenters. The molecule has 4 aromatic rings. The number of hydrogen-bond acceptors (Lipinski definition) is 10. The minimum atomic E-state index is -0.291. The van der Waals surface area contributed by atoms with Gasteiger partial charge in [-0.25, -0.2) is 9.97 Å². The van der Waals surface area contributed by atoms with E-state index in [1.807, 2.05) is 30.3 Å². The maximum atomic E-state index is 13.7. The third-order valence-electron chi connectivity index (χ3n) is 11.8. The second-order valence-corrected chi connectivity index (χ2v) is 15.4. The zero-order valence-corrected chi connectivity index (χ0v) is 30.8. The Bertz CT molecular complexity index is 2120. The SMILES string of the molecule is N#Cc1cnc2c(cnn2-c2cc(NC3CCCC3)c(C(=O)NC3CCC(C(=O)NC4CCN(c5ccc(C6CCC(=O)NC6=O)cc5)CC4)CC3)cn2)c1. The van der Waals surface area contributed by atoms with Crippen molar-refractivity contribution < 1.29 is 19.2 Å². The summed E-state index contributed by atoms with van der Waals surface area (Å²) >= 11 is 0. The summed E-state index contributed by atoms with van der Waals surface area (Å²) in [7, 11) is 0. The summed E-state index contributed by atoms with van der Waals surface area (Å²) in [4.78, 5) is 62.2. The highest BCUT2D eigenvalue weighted by atomic mass is 16.2. The lowest BCUT2D eigenvalue weighted by Crippen LogP contribution is -2.47. The van der Waals surface area contributed by atoms with Crippen molar-refractivity contribution in [2.75, 3.05) is 23.3 Å². The van der Waals surface area contributed by atoms with E-state index in [1.54, 1.807) is 23.1 Å². The van der Waals surface area contributed by atoms with Crippen LogP contribution in [0.2, 0.25) is 0 Å². The van der Waals surface area contributed by atoms with Crippen molar-refractivity contribution in [1.82, 2.24) is 35.7 Å². The lowest BCUT2D eigenvalue weighted by Gasteiger charge is -2.35. The molecule has 0 bridgehead atoms. The highest BCUT2D eigenvalue weighted by molar-refractivity contribution is 6.01. The van der Waals surface area contributed by atoms with Gasteiger partial charge in [-0.05, 0) is 81.5 Å². The topological polar surface area (TPSA) is 187 Å². The van der Waals surface area contributed by atoms with E-state index in [-0.39, 0.29) is 53.6 Å². The third-order valence-corrected chi connectivity index (χ3v) is 11.8. The number of carbonyl (C=O) groups is 4. The van der Waals surface area contributed by atoms with Crippen LogP contribution in [0.1, 0.15) is 104 Å². The van der Waals surface area contributed by atoms with E-state index in [9.17, 15) is 24.4 Å². The van der Waals surface area contributed by atoms with E-state index < -0.39 is 0 Å². The van der Waals surface area contributed by atoms with Crippen LogP contribution < -0.4 is 26.2 Å². The van der Waals surface area contributed by atoms with Crippen molar-refractivity contribution in [2.45, 2.75) is 101 Å². The molecule has 3 aromatic heterocycles. The molecule has 14 nitrogen and oxygen atoms in total. The van der Waals surface area contributed by atoms with Crippen molar-refractivity contribution in [1.29, 1.82) is 5.26 Å². The standard InChI is InChI=1S/C41H46N10O4/c42-21-25-19-28-23-45-51(38(28)44-22-25)36-20-35(46-29-3-1-2-4-29)34(24-43-36)41(55)48-30-9-5-27(6-10-30)39(53)47-31-15-17-50(18-16-31)32-11-7-26(8-12-32)33-13-14-37(52)49-40(33)54/h7-8,11-12,19-20,22-24,27,29-31,33H,1-6,9-10,13-18H2,(H,43,46)(H,47,53)(H,48,55)(H,49,52,54). The summed E-state index contributed by atoms with van der Waals surface area (Å²) in [6, 6.07) is 14.1. The fourth-order valence-electron chi connectivity index (χ4n) is 8.59. The molecule has 1 unspecified atom stereocenters. The van der Waals surface area contributed by atoms with Gasteiger partial charge >= 0.3 is 0 Å². The fraction of sp³-hybridized carbons (Fsp3) is 0.463. The predicted molar refractivity (Wildman–Crippen MR) is 205 cm³/mol. The number of anilines is 2. The van der Waals surface area contributed by atoms with Crippen LogP contribution in [-0.2, 0) is 14.4 Å². The normalized spacial score (nSPS) is 22.2. The average Bonchev–Trinajstić information content (AvgIpc) is 3.88. The first-order chi connectivity index (χ1) is 26.8. The van der Waals surface area contributed by atoms with Crippen molar-refractivity contribution in [3.05, 3.63) is 71.7 Å². The van der Waals surface area contributed by atoms with E-state index in [2.05, 4.69) is 47.3 Å². The van der Waals surface area contributed by atoms with Crippen LogP contribution in [0.3, 0.4) is 0 Å². The number of benzene rings is 1. The van der Waals surface area contributed by atoms with Gasteiger partial charge in [-0.2, -0.15) is 15.0 Å². The number of piperidine rings is 2. The van der Waals surface area contributed by atoms with Gasteiger partial charge in [-0.1, -0.05) is 25.0 Å². The van der Waals surface area contributed by atoms with Crippen LogP contribution >= 0.6 is 0 Å². The highest BCUT2D eigenvalue weighted by Gasteiger charge is 2.31. The van der Waals surface area contributed by atoms with E-state index in [4.69, 9.17) is 0 Å². The molecule has 2 aliphatic heterocycles. The zero-order valence-electron chi connectivity index (χ0n) is 30.8. The van der Waals surface area contributed by atoms with E-state index >= 15 is 0 Å². The summed E-state index contributed by atoms with van der Waals surface area (Å²) < 4.78 is 1.62. The highest BCUT2D eigenvalue weighted by Crippen LogP contribution is 2.31. The second-order valence-electron chi connectivity index (χ2n) is 15.4. The lowest BCUT2D eigenvalue weighted by molar-refractivity contribution is -0.134. The number of amides is 4. The molecule has 8 rings (SSSR count). The minimum absolute atomic E-state index is 0.0336. The van der Waals surface area contributed by atoms with Crippen LogP contribution in [0.15, 0.2) is 55.0 Å². The van der Waals surface area contributed by atoms with Gasteiger partial charge in [-0.15, -0.1) is 0 Å². The molecule has 2 saturated heterocycles. The van der Waals surface area contributed by atoms with Crippen LogP contribution in [0.5, 0.6) is 0 Å². The molecule has 2 saturated carbocycles. The maximum absolute atomic E-state index is 13.7. The average molecular weight is 743 g/mol. The first-order valence-electron chi connectivity index (χ1n) is 19.6. The zero-order chi connectivity index (χ0) is 37.9. The number of fused-ring (bicyclic) bond motifs is 1. The van der Waals surface area contributed by atoms with Gasteiger partial charge in [0, 0.05) is 73.1 Å². The van der Waals surface area contributed by atoms with Gasteiger partial charge in [0.25, 0.3) is 5.91 Å². The van der Waals surface area contributed by atoms with E-state index in [1.165, 1.54) is 6.20 Å². The summed E-state index contributed by atoms with van der Waals surface area (Å²) in [5.41, 5.74) is 4.23. The molecule has 14 heteroatoms. The molecule has 2 aliphatic carbocycles. The molecule has 1 aromatic carbocycles. The van der Waals surface area contributed by atoms with Crippen LogP contribution in [0.25, 0.3) is 16.9 Å². The Morgan fingerprint density at radius 2 is 1.56 bits per heavy atom. The molecule has 4 aliphatic rings. The second kappa shape index (κ2) is 15.9. The summed E-state index contributed by atoms with van der Waals surface area (Å²) in [6.07, 6.45) is 14.6. The largest absolute Gasteiger partial charge is 0.382 e. The van der Waals surface area contributed by atoms with Crippen LogP contribution in [-0.4, -0.2) is 74.6 Å². The van der Waals surface area contributed by atoms with Crippen molar-refractivity contribution in [2.24, 2.45) is 5.92 Å². The van der Waals surface area contributed by atoms with Crippen molar-refractivity contribution in [3.8, 4) is 11.9 Å². The molecule has 4 N–H and O–H groups in total. The van der Waals surface area contributed by atoms with Crippen LogP contribution in [0, 0.1) is 17.2 Å². The predicted octanol–water partition coefficient (Wildman–Crippen LogP) is 4.64. The quantitative estimate of drug-likeness (QED) is 0.176. The van der Waals surface area contributed by atoms with Gasteiger partial charge in [0.15, 0.2) is 11.5 Å². The number of hydrogen-bond donors (Lipinski definition) is 4. The molecular weight excluding hydrogens is 697 g/mol. The number of carbonyl (C=O) groups excluding carboxylic acids is 4. The number of rotatable bonds is 9. The number of nitrogens with zero attached hydrogens (tertiary/aromatic N) is 6. The lowest BCUT2D eigenvalue weighted by atomic mass is 9.85. The Hall–Kier alpha value is -5.84. The van der Waals surface area contributed by atoms with Crippen LogP contribution in [0.4, 0.5) is 11.4 Å². The molecule has 4 amide bonds. The van der Waals surface area contributed by atoms with Gasteiger partial charge < -0.3 is 20.9 Å². The Kier molecular flexibility index (Phi) is 10.4. The molecular formula is C41H46N10O4. The van der Waals surface area contributed by atoms with Gasteiger partial charge in [-0.3, -0.25) is 24.5 Å². The maximum Gasteiger partial charge on any atom is 0.255 e. The summed E-state index contributed by atoms with van der Waals surface area (Å²) in [6.45, 7) is 1.65. The van der Waals surface area contributed by atoms with Gasteiger partial charge in [0.1, 0.15) is 6.07 Å². The number of nitrogens with one attached hydrogen (secondary N) is 4. The van der Waals surface area contributed by atoms with Gasteiger partial charge in [0.2, 0.25) is 17.7 Å². The number of imide groups is 1. The van der Waals surface area contributed by atoms with E-state index in [0.29, 0.717) is 54.0 Å². The molecule has 284 valence electrons. The molecule has 55 heavy (non-hydrogen) atoms. The number of pyridine rings is 2. The summed E-state index contributed by atoms with van der Waals surface area (Å²) in [5, 5.41) is 27.0. The molecule has 0 radical (unpaired) electrons. The first kappa shape index (κ1) is 36.2. The fourth-order valence-corrected chi connectivity index (χ4v) is 8.59. The summed E-state index contributed by atoms with van der Waals surface area (Å²) in [5.74, 6) is -0.357. The minimum Gasteiger partial charge on any atom is -0.382 e. The number of aromatic nitrogens is 4. The molecule has 0 spiro atoms. The molecule has 4 fully saturated rings. The third kappa shape index (κ3) is 8.01. The van der Waals surface area contributed by atoms with Gasteiger partial charge in [0.05, 0.1) is 28.9 Å². The van der Waals surface area contributed by atoms with E-state index in [0.717, 1.165) is 81.1 Å². The monoisotopic (exact) mass is 742 g/mol. The van der Waals surface area contributed by atoms with Crippen molar-refractivity contribution >= 4 is 46.0 Å². The Morgan fingerprint density at radius 1 is 0.818 bits per heavy atom.